The van der Waals surface area contributed by atoms with Crippen LogP contribution in [0.4, 0.5) is 0 Å². The molecule has 0 atom stereocenters. The van der Waals surface area contributed by atoms with Gasteiger partial charge < -0.3 is 5.11 Å². The molecular formula is C13H22O2. The zero-order valence-electron chi connectivity index (χ0n) is 9.45. The molecule has 2 heteroatoms. The molecular weight excluding hydrogens is 188 g/mol. The van der Waals surface area contributed by atoms with Gasteiger partial charge in [0.15, 0.2) is 0 Å². The normalized spacial score (nSPS) is 33.9. The van der Waals surface area contributed by atoms with Gasteiger partial charge in [-0.2, -0.15) is 0 Å². The van der Waals surface area contributed by atoms with Gasteiger partial charge in [-0.15, -0.1) is 0 Å². The summed E-state index contributed by atoms with van der Waals surface area (Å²) in [5, 5.41) is 8.93. The van der Waals surface area contributed by atoms with Gasteiger partial charge in [0.1, 0.15) is 0 Å². The van der Waals surface area contributed by atoms with Crippen LogP contribution in [-0.2, 0) is 4.79 Å². The summed E-state index contributed by atoms with van der Waals surface area (Å²) in [5.41, 5.74) is 0. The van der Waals surface area contributed by atoms with E-state index in [0.717, 1.165) is 24.7 Å². The summed E-state index contributed by atoms with van der Waals surface area (Å²) in [7, 11) is 0. The topological polar surface area (TPSA) is 37.3 Å². The van der Waals surface area contributed by atoms with Gasteiger partial charge in [-0.1, -0.05) is 32.1 Å². The number of hydrogen-bond acceptors (Lipinski definition) is 1. The van der Waals surface area contributed by atoms with E-state index in [4.69, 9.17) is 5.11 Å². The van der Waals surface area contributed by atoms with E-state index in [2.05, 4.69) is 0 Å². The summed E-state index contributed by atoms with van der Waals surface area (Å²) >= 11 is 0. The first-order chi connectivity index (χ1) is 7.27. The Morgan fingerprint density at radius 3 is 1.87 bits per heavy atom. The number of hydrogen-bond donors (Lipinski definition) is 1. The van der Waals surface area contributed by atoms with Crippen molar-refractivity contribution < 1.29 is 9.90 Å². The summed E-state index contributed by atoms with van der Waals surface area (Å²) < 4.78 is 0. The number of aliphatic carboxylic acids is 1. The molecule has 0 aliphatic heterocycles. The largest absolute Gasteiger partial charge is 0.481 e. The minimum Gasteiger partial charge on any atom is -0.481 e. The highest BCUT2D eigenvalue weighted by molar-refractivity contribution is 5.69. The fraction of sp³-hybridized carbons (Fsp3) is 0.923. The average Bonchev–Trinajstić information content (AvgIpc) is 2.30. The van der Waals surface area contributed by atoms with Crippen LogP contribution in [-0.4, -0.2) is 11.1 Å². The van der Waals surface area contributed by atoms with Gasteiger partial charge in [0.05, 0.1) is 5.92 Å². The minimum absolute atomic E-state index is 0.0372. The van der Waals surface area contributed by atoms with Crippen molar-refractivity contribution in [3.8, 4) is 0 Å². The second kappa shape index (κ2) is 5.00. The van der Waals surface area contributed by atoms with Crippen molar-refractivity contribution in [1.82, 2.24) is 0 Å². The van der Waals surface area contributed by atoms with Crippen molar-refractivity contribution in [3.05, 3.63) is 0 Å². The van der Waals surface area contributed by atoms with Crippen LogP contribution in [0.1, 0.15) is 57.8 Å². The van der Waals surface area contributed by atoms with E-state index in [1.165, 1.54) is 44.9 Å². The molecule has 1 N–H and O–H groups in total. The molecule has 0 unspecified atom stereocenters. The first kappa shape index (κ1) is 11.0. The standard InChI is InChI=1S/C13H22O2/c14-13(15)12-8-6-11(7-9-12)10-4-2-1-3-5-10/h10-12H,1-9H2,(H,14,15)/t11-,12-. The van der Waals surface area contributed by atoms with Crippen LogP contribution in [0.5, 0.6) is 0 Å². The lowest BCUT2D eigenvalue weighted by atomic mass is 9.71. The zero-order chi connectivity index (χ0) is 10.7. The summed E-state index contributed by atoms with van der Waals surface area (Å²) in [6, 6.07) is 0. The molecule has 2 aliphatic rings. The average molecular weight is 210 g/mol. The van der Waals surface area contributed by atoms with Gasteiger partial charge in [-0.3, -0.25) is 4.79 Å². The first-order valence-electron chi connectivity index (χ1n) is 6.50. The Kier molecular flexibility index (Phi) is 3.66. The molecule has 0 aromatic rings. The predicted molar refractivity (Wildman–Crippen MR) is 59.7 cm³/mol. The number of rotatable bonds is 2. The second-order valence-corrected chi connectivity index (χ2v) is 5.35. The molecule has 2 aliphatic carbocycles. The summed E-state index contributed by atoms with van der Waals surface area (Å²) in [6.45, 7) is 0. The third-order valence-electron chi connectivity index (χ3n) is 4.44. The van der Waals surface area contributed by atoms with E-state index in [9.17, 15) is 4.79 Å². The third kappa shape index (κ3) is 2.73. The van der Waals surface area contributed by atoms with E-state index in [1.54, 1.807) is 0 Å². The molecule has 15 heavy (non-hydrogen) atoms. The maximum atomic E-state index is 10.8. The number of carbonyl (C=O) groups is 1. The molecule has 2 saturated carbocycles. The molecule has 86 valence electrons. The summed E-state index contributed by atoms with van der Waals surface area (Å²) in [4.78, 5) is 10.8. The Hall–Kier alpha value is -0.530. The third-order valence-corrected chi connectivity index (χ3v) is 4.44. The van der Waals surface area contributed by atoms with Crippen molar-refractivity contribution in [2.75, 3.05) is 0 Å². The van der Waals surface area contributed by atoms with E-state index >= 15 is 0 Å². The fourth-order valence-corrected chi connectivity index (χ4v) is 3.44. The molecule has 2 nitrogen and oxygen atoms in total. The van der Waals surface area contributed by atoms with Crippen LogP contribution in [0.15, 0.2) is 0 Å². The molecule has 0 aromatic heterocycles. The van der Waals surface area contributed by atoms with E-state index < -0.39 is 5.97 Å². The fourth-order valence-electron chi connectivity index (χ4n) is 3.44. The SMILES string of the molecule is O=C(O)[C@H]1CC[C@H](C2CCCCC2)CC1. The van der Waals surface area contributed by atoms with Gasteiger partial charge in [-0.05, 0) is 37.5 Å². The molecule has 0 heterocycles. The molecule has 0 radical (unpaired) electrons. The van der Waals surface area contributed by atoms with Crippen molar-refractivity contribution >= 4 is 5.97 Å². The Balaban J connectivity index is 1.79. The van der Waals surface area contributed by atoms with Gasteiger partial charge in [0.2, 0.25) is 0 Å². The number of carboxylic acids is 1. The Morgan fingerprint density at radius 1 is 0.800 bits per heavy atom. The Labute approximate surface area is 92.1 Å². The minimum atomic E-state index is -0.572. The van der Waals surface area contributed by atoms with Gasteiger partial charge >= 0.3 is 5.97 Å². The van der Waals surface area contributed by atoms with Gasteiger partial charge in [0, 0.05) is 0 Å². The van der Waals surface area contributed by atoms with E-state index in [0.29, 0.717) is 0 Å². The van der Waals surface area contributed by atoms with Gasteiger partial charge in [-0.25, -0.2) is 0 Å². The van der Waals surface area contributed by atoms with Crippen molar-refractivity contribution in [1.29, 1.82) is 0 Å². The highest BCUT2D eigenvalue weighted by Crippen LogP contribution is 2.39. The van der Waals surface area contributed by atoms with Crippen LogP contribution in [0.3, 0.4) is 0 Å². The highest BCUT2D eigenvalue weighted by Gasteiger charge is 2.30. The maximum absolute atomic E-state index is 10.8. The first-order valence-corrected chi connectivity index (χ1v) is 6.50. The molecule has 0 spiro atoms. The van der Waals surface area contributed by atoms with Crippen LogP contribution >= 0.6 is 0 Å². The molecule has 2 fully saturated rings. The lowest BCUT2D eigenvalue weighted by Crippen LogP contribution is -2.26. The molecule has 0 amide bonds. The van der Waals surface area contributed by atoms with Crippen molar-refractivity contribution in [2.45, 2.75) is 57.8 Å². The lowest BCUT2D eigenvalue weighted by molar-refractivity contribution is -0.143. The maximum Gasteiger partial charge on any atom is 0.306 e. The van der Waals surface area contributed by atoms with Crippen LogP contribution in [0, 0.1) is 17.8 Å². The van der Waals surface area contributed by atoms with Crippen molar-refractivity contribution in [2.24, 2.45) is 17.8 Å². The summed E-state index contributed by atoms with van der Waals surface area (Å²) in [6.07, 6.45) is 11.2. The molecule has 0 aromatic carbocycles. The van der Waals surface area contributed by atoms with Crippen LogP contribution < -0.4 is 0 Å². The second-order valence-electron chi connectivity index (χ2n) is 5.35. The molecule has 0 saturated heterocycles. The Bertz CT molecular complexity index is 211. The Morgan fingerprint density at radius 2 is 1.33 bits per heavy atom. The highest BCUT2D eigenvalue weighted by atomic mass is 16.4. The number of carboxylic acid groups (broad SMARTS) is 1. The predicted octanol–water partition coefficient (Wildman–Crippen LogP) is 3.46. The molecule has 0 bridgehead atoms. The zero-order valence-corrected chi connectivity index (χ0v) is 9.45. The smallest absolute Gasteiger partial charge is 0.306 e. The van der Waals surface area contributed by atoms with Crippen molar-refractivity contribution in [3.63, 3.8) is 0 Å². The van der Waals surface area contributed by atoms with E-state index in [1.807, 2.05) is 0 Å². The van der Waals surface area contributed by atoms with Crippen LogP contribution in [0.2, 0.25) is 0 Å². The summed E-state index contributed by atoms with van der Waals surface area (Å²) in [5.74, 6) is 1.16. The van der Waals surface area contributed by atoms with E-state index in [-0.39, 0.29) is 5.92 Å². The van der Waals surface area contributed by atoms with Crippen LogP contribution in [0.25, 0.3) is 0 Å². The monoisotopic (exact) mass is 210 g/mol. The lowest BCUT2D eigenvalue weighted by Gasteiger charge is -2.34. The quantitative estimate of drug-likeness (QED) is 0.758. The van der Waals surface area contributed by atoms with Gasteiger partial charge in [0.25, 0.3) is 0 Å². The molecule has 2 rings (SSSR count).